The summed E-state index contributed by atoms with van der Waals surface area (Å²) in [4.78, 5) is 4.10. The Morgan fingerprint density at radius 1 is 1.50 bits per heavy atom. The summed E-state index contributed by atoms with van der Waals surface area (Å²) in [7, 11) is 0. The molecule has 0 fully saturated rings. The van der Waals surface area contributed by atoms with Crippen molar-refractivity contribution in [3.8, 4) is 0 Å². The van der Waals surface area contributed by atoms with Gasteiger partial charge in [0, 0.05) is 6.20 Å². The standard InChI is InChI=1S/C10H14ClN/c1-3-4-5-9-6-8(2)7-12-10(9)11/h6-7H,3-5H2,1-2H3. The molecule has 0 aliphatic heterocycles. The molecule has 1 aromatic rings. The van der Waals surface area contributed by atoms with Gasteiger partial charge in [-0.15, -0.1) is 0 Å². The lowest BCUT2D eigenvalue weighted by atomic mass is 10.1. The average Bonchev–Trinajstić information content (AvgIpc) is 2.07. The third-order valence-electron chi connectivity index (χ3n) is 1.85. The van der Waals surface area contributed by atoms with Crippen LogP contribution in [0.2, 0.25) is 5.15 Å². The van der Waals surface area contributed by atoms with Crippen molar-refractivity contribution >= 4 is 11.6 Å². The molecule has 1 rings (SSSR count). The number of unbranched alkanes of at least 4 members (excludes halogenated alkanes) is 1. The van der Waals surface area contributed by atoms with Gasteiger partial charge in [0.25, 0.3) is 0 Å². The first-order chi connectivity index (χ1) is 5.74. The summed E-state index contributed by atoms with van der Waals surface area (Å²) in [5, 5.41) is 0.661. The number of aryl methyl sites for hydroxylation is 2. The monoisotopic (exact) mass is 183 g/mol. The second kappa shape index (κ2) is 4.46. The SMILES string of the molecule is CCCCc1cc(C)cnc1Cl. The Bertz CT molecular complexity index is 258. The van der Waals surface area contributed by atoms with E-state index in [9.17, 15) is 0 Å². The van der Waals surface area contributed by atoms with E-state index in [1.165, 1.54) is 24.0 Å². The van der Waals surface area contributed by atoms with E-state index >= 15 is 0 Å². The van der Waals surface area contributed by atoms with Crippen molar-refractivity contribution in [2.24, 2.45) is 0 Å². The lowest BCUT2D eigenvalue weighted by Gasteiger charge is -2.02. The van der Waals surface area contributed by atoms with Gasteiger partial charge < -0.3 is 0 Å². The van der Waals surface area contributed by atoms with Crippen LogP contribution in [0.15, 0.2) is 12.3 Å². The zero-order valence-corrected chi connectivity index (χ0v) is 8.36. The van der Waals surface area contributed by atoms with Crippen LogP contribution < -0.4 is 0 Å². The molecule has 0 bridgehead atoms. The Labute approximate surface area is 78.8 Å². The average molecular weight is 184 g/mol. The summed E-state index contributed by atoms with van der Waals surface area (Å²) in [5.74, 6) is 0. The maximum Gasteiger partial charge on any atom is 0.132 e. The Morgan fingerprint density at radius 2 is 2.25 bits per heavy atom. The molecule has 0 saturated heterocycles. The zero-order valence-electron chi connectivity index (χ0n) is 7.60. The van der Waals surface area contributed by atoms with Gasteiger partial charge in [-0.3, -0.25) is 0 Å². The van der Waals surface area contributed by atoms with Crippen LogP contribution in [0.4, 0.5) is 0 Å². The highest BCUT2D eigenvalue weighted by molar-refractivity contribution is 6.30. The molecule has 0 aromatic carbocycles. The number of rotatable bonds is 3. The zero-order chi connectivity index (χ0) is 8.97. The van der Waals surface area contributed by atoms with Crippen molar-refractivity contribution < 1.29 is 0 Å². The fraction of sp³-hybridized carbons (Fsp3) is 0.500. The molecule has 1 aromatic heterocycles. The predicted octanol–water partition coefficient (Wildman–Crippen LogP) is 3.39. The minimum absolute atomic E-state index is 0.661. The van der Waals surface area contributed by atoms with E-state index in [0.717, 1.165) is 6.42 Å². The Kier molecular flexibility index (Phi) is 3.54. The van der Waals surface area contributed by atoms with Crippen LogP contribution in [0, 0.1) is 6.92 Å². The van der Waals surface area contributed by atoms with Crippen LogP contribution in [-0.2, 0) is 6.42 Å². The molecular weight excluding hydrogens is 170 g/mol. The highest BCUT2D eigenvalue weighted by Gasteiger charge is 2.00. The molecule has 0 unspecified atom stereocenters. The second-order valence-corrected chi connectivity index (χ2v) is 3.42. The van der Waals surface area contributed by atoms with Gasteiger partial charge in [-0.2, -0.15) is 0 Å². The normalized spacial score (nSPS) is 10.2. The first-order valence-corrected chi connectivity index (χ1v) is 4.73. The van der Waals surface area contributed by atoms with E-state index in [-0.39, 0.29) is 0 Å². The smallest absolute Gasteiger partial charge is 0.132 e. The lowest BCUT2D eigenvalue weighted by molar-refractivity contribution is 0.791. The van der Waals surface area contributed by atoms with Crippen LogP contribution in [0.25, 0.3) is 0 Å². The van der Waals surface area contributed by atoms with Crippen molar-refractivity contribution in [3.05, 3.63) is 28.5 Å². The number of nitrogens with zero attached hydrogens (tertiary/aromatic N) is 1. The number of aromatic nitrogens is 1. The summed E-state index contributed by atoms with van der Waals surface area (Å²) in [6.07, 6.45) is 5.23. The molecule has 0 spiro atoms. The van der Waals surface area contributed by atoms with E-state index in [1.807, 2.05) is 6.92 Å². The van der Waals surface area contributed by atoms with Crippen molar-refractivity contribution in [1.82, 2.24) is 4.98 Å². The first-order valence-electron chi connectivity index (χ1n) is 4.35. The number of hydrogen-bond acceptors (Lipinski definition) is 1. The van der Waals surface area contributed by atoms with Gasteiger partial charge in [-0.25, -0.2) is 4.98 Å². The van der Waals surface area contributed by atoms with Crippen LogP contribution in [-0.4, -0.2) is 4.98 Å². The largest absolute Gasteiger partial charge is 0.244 e. The molecule has 0 saturated carbocycles. The van der Waals surface area contributed by atoms with Gasteiger partial charge in [0.05, 0.1) is 0 Å². The molecule has 0 atom stereocenters. The summed E-state index contributed by atoms with van der Waals surface area (Å²) >= 11 is 5.92. The molecular formula is C10H14ClN. The van der Waals surface area contributed by atoms with Gasteiger partial charge >= 0.3 is 0 Å². The lowest BCUT2D eigenvalue weighted by Crippen LogP contribution is -1.90. The molecule has 12 heavy (non-hydrogen) atoms. The molecule has 0 radical (unpaired) electrons. The summed E-state index contributed by atoms with van der Waals surface area (Å²) in [6, 6.07) is 2.12. The van der Waals surface area contributed by atoms with E-state index in [2.05, 4.69) is 18.0 Å². The van der Waals surface area contributed by atoms with Gasteiger partial charge in [0.15, 0.2) is 0 Å². The fourth-order valence-corrected chi connectivity index (χ4v) is 1.35. The molecule has 66 valence electrons. The van der Waals surface area contributed by atoms with Crippen molar-refractivity contribution in [2.75, 3.05) is 0 Å². The van der Waals surface area contributed by atoms with Gasteiger partial charge in [-0.1, -0.05) is 31.0 Å². The molecule has 1 heterocycles. The minimum Gasteiger partial charge on any atom is -0.244 e. The third-order valence-corrected chi connectivity index (χ3v) is 2.19. The van der Waals surface area contributed by atoms with Crippen molar-refractivity contribution in [1.29, 1.82) is 0 Å². The summed E-state index contributed by atoms with van der Waals surface area (Å²) in [6.45, 7) is 4.22. The van der Waals surface area contributed by atoms with Crippen LogP contribution in [0.3, 0.4) is 0 Å². The summed E-state index contributed by atoms with van der Waals surface area (Å²) < 4.78 is 0. The second-order valence-electron chi connectivity index (χ2n) is 3.07. The molecule has 2 heteroatoms. The van der Waals surface area contributed by atoms with E-state index in [0.29, 0.717) is 5.15 Å². The number of hydrogen-bond donors (Lipinski definition) is 0. The Balaban J connectivity index is 2.75. The van der Waals surface area contributed by atoms with E-state index in [1.54, 1.807) is 6.20 Å². The minimum atomic E-state index is 0.661. The fourth-order valence-electron chi connectivity index (χ4n) is 1.16. The van der Waals surface area contributed by atoms with Crippen molar-refractivity contribution in [2.45, 2.75) is 33.1 Å². The van der Waals surface area contributed by atoms with Gasteiger partial charge in [-0.05, 0) is 30.9 Å². The molecule has 0 N–H and O–H groups in total. The molecule has 0 aliphatic carbocycles. The first kappa shape index (κ1) is 9.53. The quantitative estimate of drug-likeness (QED) is 0.655. The Hall–Kier alpha value is -0.560. The van der Waals surface area contributed by atoms with Crippen LogP contribution >= 0.6 is 11.6 Å². The van der Waals surface area contributed by atoms with Crippen molar-refractivity contribution in [3.63, 3.8) is 0 Å². The molecule has 0 aliphatic rings. The van der Waals surface area contributed by atoms with Crippen LogP contribution in [0.1, 0.15) is 30.9 Å². The maximum absolute atomic E-state index is 5.92. The van der Waals surface area contributed by atoms with Gasteiger partial charge in [0.2, 0.25) is 0 Å². The van der Waals surface area contributed by atoms with E-state index in [4.69, 9.17) is 11.6 Å². The third kappa shape index (κ3) is 2.49. The highest BCUT2D eigenvalue weighted by Crippen LogP contribution is 2.16. The summed E-state index contributed by atoms with van der Waals surface area (Å²) in [5.41, 5.74) is 2.36. The van der Waals surface area contributed by atoms with Gasteiger partial charge in [0.1, 0.15) is 5.15 Å². The number of halogens is 1. The van der Waals surface area contributed by atoms with Crippen LogP contribution in [0.5, 0.6) is 0 Å². The van der Waals surface area contributed by atoms with E-state index < -0.39 is 0 Å². The molecule has 0 amide bonds. The highest BCUT2D eigenvalue weighted by atomic mass is 35.5. The maximum atomic E-state index is 5.92. The molecule has 1 nitrogen and oxygen atoms in total. The Morgan fingerprint density at radius 3 is 2.92 bits per heavy atom. The topological polar surface area (TPSA) is 12.9 Å². The predicted molar refractivity (Wildman–Crippen MR) is 52.6 cm³/mol. The number of pyridine rings is 1.